The molecule has 3 rings (SSSR count). The van der Waals surface area contributed by atoms with Crippen LogP contribution in [-0.2, 0) is 61.2 Å². The molecule has 620 valence electrons. The van der Waals surface area contributed by atoms with E-state index in [4.69, 9.17) is 42.2 Å². The maximum Gasteiger partial charge on any atom is 0.472 e. The van der Waals surface area contributed by atoms with E-state index < -0.39 is 156 Å². The molecule has 25 heteroatoms. The van der Waals surface area contributed by atoms with Gasteiger partial charge in [0.05, 0.1) is 13.2 Å². The van der Waals surface area contributed by atoms with E-state index >= 15 is 0 Å². The van der Waals surface area contributed by atoms with E-state index in [2.05, 4.69) is 20.8 Å². The molecule has 0 aromatic rings. The van der Waals surface area contributed by atoms with E-state index in [1.807, 2.05) is 0 Å². The number of aliphatic hydroxyl groups excluding tert-OH is 10. The molecule has 3 fully saturated rings. The summed E-state index contributed by atoms with van der Waals surface area (Å²) in [7, 11) is -5.70. The zero-order chi connectivity index (χ0) is 76.7. The summed E-state index contributed by atoms with van der Waals surface area (Å²) in [6.07, 6.45) is 22.6. The highest BCUT2D eigenvalue weighted by Gasteiger charge is 2.58. The van der Waals surface area contributed by atoms with Crippen molar-refractivity contribution in [3.8, 4) is 0 Å². The Hall–Kier alpha value is -2.04. The van der Waals surface area contributed by atoms with E-state index in [1.54, 1.807) is 0 Å². The van der Waals surface area contributed by atoms with Crippen LogP contribution in [0.2, 0.25) is 0 Å². The molecule has 0 bridgehead atoms. The molecule has 0 aromatic carbocycles. The summed E-state index contributed by atoms with van der Waals surface area (Å²) in [6.45, 7) is 3.54. The van der Waals surface area contributed by atoms with Gasteiger partial charge in [-0.2, -0.15) is 0 Å². The molecule has 1 saturated carbocycles. The fraction of sp³-hybridized carbons (Fsp3) is 0.963. The fourth-order valence-electron chi connectivity index (χ4n) is 14.3. The molecule has 18 atom stereocenters. The van der Waals surface area contributed by atoms with E-state index in [0.29, 0.717) is 19.3 Å². The topological polar surface area (TPSA) is 374 Å². The number of hydrogen-bond donors (Lipinski definition) is 11. The number of aliphatic hydroxyl groups is 10. The number of esters is 3. The molecule has 24 nitrogen and oxygen atoms in total. The summed E-state index contributed by atoms with van der Waals surface area (Å²) in [4.78, 5) is 51.3. The lowest BCUT2D eigenvalue weighted by atomic mass is 9.84. The van der Waals surface area contributed by atoms with Crippen molar-refractivity contribution < 1.29 is 117 Å². The monoisotopic (exact) mass is 1530 g/mol. The van der Waals surface area contributed by atoms with E-state index in [1.165, 1.54) is 212 Å². The van der Waals surface area contributed by atoms with Gasteiger partial charge >= 0.3 is 25.7 Å². The van der Waals surface area contributed by atoms with Crippen molar-refractivity contribution in [2.75, 3.05) is 26.4 Å². The number of phosphoric acid groups is 1. The molecule has 18 unspecified atom stereocenters. The second-order valence-electron chi connectivity index (χ2n) is 30.6. The van der Waals surface area contributed by atoms with Gasteiger partial charge in [-0.3, -0.25) is 23.4 Å². The third kappa shape index (κ3) is 43.5. The van der Waals surface area contributed by atoms with Gasteiger partial charge in [0.2, 0.25) is 0 Å². The molecule has 2 heterocycles. The molecule has 0 amide bonds. The zero-order valence-electron chi connectivity index (χ0n) is 65.3. The SMILES string of the molecule is CCCCCCCCCCCCCCCCCCCC(=O)OCC(COP(=O)(O)OC1C(OC2OC(CO)C(O)C(O)C2O)C(O)C(O)C(O)C1OC1OC(COC(=O)CCCCCCCCCCCCCCCCCC)C(O)C(O)C1O)OC(=O)CCCCCCCCCCCCCCCCCCC. The maximum absolute atomic E-state index is 14.4. The van der Waals surface area contributed by atoms with Gasteiger partial charge in [0.25, 0.3) is 0 Å². The molecule has 0 spiro atoms. The number of carbonyl (C=O) groups excluding carboxylic acids is 3. The first-order valence-electron chi connectivity index (χ1n) is 42.3. The minimum Gasteiger partial charge on any atom is -0.463 e. The first-order chi connectivity index (χ1) is 50.8. The van der Waals surface area contributed by atoms with Gasteiger partial charge in [-0.1, -0.05) is 323 Å². The van der Waals surface area contributed by atoms with Gasteiger partial charge < -0.3 is 89.1 Å². The van der Waals surface area contributed by atoms with Gasteiger partial charge in [0, 0.05) is 19.3 Å². The van der Waals surface area contributed by atoms with Crippen molar-refractivity contribution >= 4 is 25.7 Å². The molecular formula is C80H151O24P. The van der Waals surface area contributed by atoms with Crippen LogP contribution in [0, 0.1) is 0 Å². The highest BCUT2D eigenvalue weighted by Crippen LogP contribution is 2.49. The van der Waals surface area contributed by atoms with Gasteiger partial charge in [0.15, 0.2) is 18.7 Å². The Morgan fingerprint density at radius 3 is 0.933 bits per heavy atom. The molecule has 105 heavy (non-hydrogen) atoms. The third-order valence-corrected chi connectivity index (χ3v) is 22.1. The van der Waals surface area contributed by atoms with Crippen LogP contribution >= 0.6 is 7.82 Å². The highest BCUT2D eigenvalue weighted by molar-refractivity contribution is 7.47. The van der Waals surface area contributed by atoms with Crippen LogP contribution in [0.4, 0.5) is 0 Å². The van der Waals surface area contributed by atoms with Crippen molar-refractivity contribution in [3.05, 3.63) is 0 Å². The Morgan fingerprint density at radius 1 is 0.333 bits per heavy atom. The molecule has 11 N–H and O–H groups in total. The van der Waals surface area contributed by atoms with Crippen LogP contribution < -0.4 is 0 Å². The quantitative estimate of drug-likeness (QED) is 0.0117. The Balaban J connectivity index is 1.68. The van der Waals surface area contributed by atoms with Crippen LogP contribution in [0.3, 0.4) is 0 Å². The number of carbonyl (C=O) groups is 3. The summed E-state index contributed by atoms with van der Waals surface area (Å²) in [6, 6.07) is 0. The smallest absolute Gasteiger partial charge is 0.463 e. The molecular weight excluding hydrogens is 1380 g/mol. The average Bonchev–Trinajstić information content (AvgIpc) is 0.761. The molecule has 1 aliphatic carbocycles. The second kappa shape index (κ2) is 61.5. The average molecular weight is 1530 g/mol. The molecule has 0 radical (unpaired) electrons. The lowest BCUT2D eigenvalue weighted by Crippen LogP contribution is -2.69. The Morgan fingerprint density at radius 2 is 0.610 bits per heavy atom. The molecule has 3 aliphatic rings. The second-order valence-corrected chi connectivity index (χ2v) is 32.0. The Labute approximate surface area is 631 Å². The van der Waals surface area contributed by atoms with Gasteiger partial charge in [-0.15, -0.1) is 0 Å². The first kappa shape index (κ1) is 97.2. The highest BCUT2D eigenvalue weighted by atomic mass is 31.2. The summed E-state index contributed by atoms with van der Waals surface area (Å²) >= 11 is 0. The van der Waals surface area contributed by atoms with E-state index in [0.717, 1.165) is 89.9 Å². The number of hydrogen-bond acceptors (Lipinski definition) is 23. The van der Waals surface area contributed by atoms with Crippen LogP contribution in [0.1, 0.15) is 361 Å². The van der Waals surface area contributed by atoms with Crippen LogP contribution in [-0.4, -0.2) is 204 Å². The summed E-state index contributed by atoms with van der Waals surface area (Å²) in [5.41, 5.74) is 0. The number of ether oxygens (including phenoxy) is 7. The fourth-order valence-corrected chi connectivity index (χ4v) is 15.3. The third-order valence-electron chi connectivity index (χ3n) is 21.1. The largest absolute Gasteiger partial charge is 0.472 e. The van der Waals surface area contributed by atoms with Crippen molar-refractivity contribution in [3.63, 3.8) is 0 Å². The number of rotatable bonds is 68. The van der Waals surface area contributed by atoms with Crippen molar-refractivity contribution in [1.29, 1.82) is 0 Å². The minimum atomic E-state index is -5.70. The number of unbranched alkanes of at least 4 members (excludes halogenated alkanes) is 47. The Kier molecular flexibility index (Phi) is 56.9. The molecule has 2 aliphatic heterocycles. The van der Waals surface area contributed by atoms with Crippen LogP contribution in [0.15, 0.2) is 0 Å². The zero-order valence-corrected chi connectivity index (χ0v) is 66.2. The lowest BCUT2D eigenvalue weighted by Gasteiger charge is -2.49. The van der Waals surface area contributed by atoms with Gasteiger partial charge in [0.1, 0.15) is 98.7 Å². The summed E-state index contributed by atoms with van der Waals surface area (Å²) < 4.78 is 65.3. The minimum absolute atomic E-state index is 0.0323. The standard InChI is InChI=1S/C80H151O24P/c1-4-7-10-13-16-19-22-25-28-31-34-37-39-42-45-48-51-54-64(82)96-58-61(99-66(84)56-53-50-47-44-41-38-35-32-29-26-23-20-17-14-11-8-5-2)59-98-105(94,95)104-78-76(102-79-74(92)69(87)67(85)62(57-81)100-79)72(90)71(89)73(91)77(78)103-80-75(93)70(88)68(86)63(101-80)60-97-65(83)55-52-49-46-43-40-36-33-30-27-24-21-18-15-12-9-6-3/h61-63,67-81,85-93H,4-60H2,1-3H3,(H,94,95). The van der Waals surface area contributed by atoms with Crippen molar-refractivity contribution in [2.24, 2.45) is 0 Å². The van der Waals surface area contributed by atoms with E-state index in [-0.39, 0.29) is 19.3 Å². The Bertz CT molecular complexity index is 2150. The normalized spacial score (nSPS) is 26.5. The van der Waals surface area contributed by atoms with Crippen LogP contribution in [0.5, 0.6) is 0 Å². The summed E-state index contributed by atoms with van der Waals surface area (Å²) in [5, 5.41) is 110. The van der Waals surface area contributed by atoms with Gasteiger partial charge in [-0.25, -0.2) is 4.57 Å². The molecule has 2 saturated heterocycles. The van der Waals surface area contributed by atoms with Crippen molar-refractivity contribution in [2.45, 2.75) is 465 Å². The van der Waals surface area contributed by atoms with Gasteiger partial charge in [-0.05, 0) is 19.3 Å². The van der Waals surface area contributed by atoms with E-state index in [9.17, 15) is 74.9 Å². The van der Waals surface area contributed by atoms with Crippen LogP contribution in [0.25, 0.3) is 0 Å². The predicted molar refractivity (Wildman–Crippen MR) is 402 cm³/mol. The maximum atomic E-state index is 14.4. The lowest BCUT2D eigenvalue weighted by molar-refractivity contribution is -0.360. The molecule has 0 aromatic heterocycles. The predicted octanol–water partition coefficient (Wildman–Crippen LogP) is 13.7. The van der Waals surface area contributed by atoms with Crippen molar-refractivity contribution in [1.82, 2.24) is 0 Å². The summed E-state index contributed by atoms with van der Waals surface area (Å²) in [5.74, 6) is -1.96. The first-order valence-corrected chi connectivity index (χ1v) is 43.8. The number of phosphoric ester groups is 1.